The number of aryl methyl sites for hydroxylation is 1. The van der Waals surface area contributed by atoms with Crippen LogP contribution < -0.4 is 0 Å². The summed E-state index contributed by atoms with van der Waals surface area (Å²) in [5, 5.41) is 10.3. The summed E-state index contributed by atoms with van der Waals surface area (Å²) in [6.45, 7) is 1.68. The van der Waals surface area contributed by atoms with Crippen molar-refractivity contribution in [2.75, 3.05) is 0 Å². The van der Waals surface area contributed by atoms with Gasteiger partial charge in [-0.05, 0) is 29.7 Å². The van der Waals surface area contributed by atoms with Gasteiger partial charge in [-0.2, -0.15) is 18.4 Å². The van der Waals surface area contributed by atoms with E-state index in [0.29, 0.717) is 22.6 Å². The summed E-state index contributed by atoms with van der Waals surface area (Å²) >= 11 is 0. The van der Waals surface area contributed by atoms with E-state index in [1.165, 1.54) is 12.4 Å². The zero-order chi connectivity index (χ0) is 19.9. The molecule has 0 spiro atoms. The number of hydrogen-bond acceptors (Lipinski definition) is 3. The van der Waals surface area contributed by atoms with Crippen LogP contribution in [-0.2, 0) is 12.6 Å². The van der Waals surface area contributed by atoms with Gasteiger partial charge in [0.25, 0.3) is 0 Å². The molecular formula is C20H14F3N5. The summed E-state index contributed by atoms with van der Waals surface area (Å²) in [7, 11) is 0. The largest absolute Gasteiger partial charge is 0.416 e. The number of aromatic nitrogens is 4. The number of nitrogens with one attached hydrogen (secondary N) is 1. The van der Waals surface area contributed by atoms with Crippen LogP contribution >= 0.6 is 0 Å². The number of nitriles is 1. The van der Waals surface area contributed by atoms with Crippen molar-refractivity contribution in [2.24, 2.45) is 0 Å². The maximum Gasteiger partial charge on any atom is 0.416 e. The Labute approximate surface area is 158 Å². The molecule has 0 radical (unpaired) electrons. The Morgan fingerprint density at radius 3 is 2.71 bits per heavy atom. The summed E-state index contributed by atoms with van der Waals surface area (Å²) in [6, 6.07) is 8.04. The highest BCUT2D eigenvalue weighted by molar-refractivity contribution is 5.83. The number of hydrogen-bond donors (Lipinski definition) is 1. The number of aromatic amines is 1. The van der Waals surface area contributed by atoms with Crippen LogP contribution in [0.3, 0.4) is 0 Å². The second-order valence-electron chi connectivity index (χ2n) is 6.27. The molecule has 3 heterocycles. The molecule has 0 saturated carbocycles. The van der Waals surface area contributed by atoms with E-state index in [1.807, 2.05) is 0 Å². The molecule has 28 heavy (non-hydrogen) atoms. The van der Waals surface area contributed by atoms with Crippen molar-refractivity contribution in [3.05, 3.63) is 65.9 Å². The zero-order valence-electron chi connectivity index (χ0n) is 14.7. The third kappa shape index (κ3) is 2.91. The van der Waals surface area contributed by atoms with Gasteiger partial charge in [-0.1, -0.05) is 19.1 Å². The molecule has 0 aliphatic carbocycles. The SMILES string of the molecule is CCc1ccc(-c2cn(-c3ncnc4[nH]ccc34)cc2C#N)cc1C(F)(F)F. The van der Waals surface area contributed by atoms with E-state index in [4.69, 9.17) is 0 Å². The van der Waals surface area contributed by atoms with Gasteiger partial charge in [0.15, 0.2) is 0 Å². The highest BCUT2D eigenvalue weighted by Crippen LogP contribution is 2.36. The van der Waals surface area contributed by atoms with Crippen molar-refractivity contribution in [2.45, 2.75) is 19.5 Å². The van der Waals surface area contributed by atoms with E-state index < -0.39 is 11.7 Å². The maximum atomic E-state index is 13.4. The molecule has 0 unspecified atom stereocenters. The molecule has 4 rings (SSSR count). The predicted octanol–water partition coefficient (Wildman–Crippen LogP) is 4.87. The summed E-state index contributed by atoms with van der Waals surface area (Å²) in [4.78, 5) is 11.4. The number of fused-ring (bicyclic) bond motifs is 1. The normalized spacial score (nSPS) is 11.7. The van der Waals surface area contributed by atoms with Crippen molar-refractivity contribution in [1.29, 1.82) is 5.26 Å². The molecule has 140 valence electrons. The Morgan fingerprint density at radius 1 is 1.18 bits per heavy atom. The maximum absolute atomic E-state index is 13.4. The molecule has 8 heteroatoms. The molecule has 5 nitrogen and oxygen atoms in total. The lowest BCUT2D eigenvalue weighted by Gasteiger charge is -2.13. The highest BCUT2D eigenvalue weighted by atomic mass is 19.4. The average molecular weight is 381 g/mol. The van der Waals surface area contributed by atoms with Gasteiger partial charge in [-0.15, -0.1) is 0 Å². The number of halogens is 3. The Kier molecular flexibility index (Phi) is 4.15. The minimum absolute atomic E-state index is 0.221. The van der Waals surface area contributed by atoms with Gasteiger partial charge in [-0.3, -0.25) is 0 Å². The molecule has 0 aliphatic rings. The first-order valence-electron chi connectivity index (χ1n) is 8.53. The molecule has 1 aromatic carbocycles. The standard InChI is InChI=1S/C20H14F3N5/c1-2-12-3-4-13(7-17(12)20(21,22)23)16-10-28(9-14(16)8-24)19-15-5-6-25-18(15)26-11-27-19/h3-7,9-11H,2H2,1H3,(H,25,26,27). The van der Waals surface area contributed by atoms with Crippen LogP contribution in [0.5, 0.6) is 0 Å². The molecule has 3 aromatic heterocycles. The van der Waals surface area contributed by atoms with Crippen molar-refractivity contribution in [3.63, 3.8) is 0 Å². The molecule has 4 aromatic rings. The van der Waals surface area contributed by atoms with Gasteiger partial charge in [-0.25, -0.2) is 9.97 Å². The quantitative estimate of drug-likeness (QED) is 0.550. The van der Waals surface area contributed by atoms with E-state index in [9.17, 15) is 18.4 Å². The predicted molar refractivity (Wildman–Crippen MR) is 97.7 cm³/mol. The number of rotatable bonds is 3. The molecule has 0 bridgehead atoms. The number of H-pyrrole nitrogens is 1. The van der Waals surface area contributed by atoms with Crippen LogP contribution in [-0.4, -0.2) is 19.5 Å². The zero-order valence-corrected chi connectivity index (χ0v) is 14.7. The highest BCUT2D eigenvalue weighted by Gasteiger charge is 2.33. The fourth-order valence-electron chi connectivity index (χ4n) is 3.28. The summed E-state index contributed by atoms with van der Waals surface area (Å²) in [5.41, 5.74) is 1.18. The van der Waals surface area contributed by atoms with Crippen molar-refractivity contribution in [3.8, 4) is 23.0 Å². The van der Waals surface area contributed by atoms with E-state index in [0.717, 1.165) is 11.5 Å². The molecule has 0 amide bonds. The lowest BCUT2D eigenvalue weighted by Crippen LogP contribution is -2.09. The average Bonchev–Trinajstić information content (AvgIpc) is 3.33. The monoisotopic (exact) mass is 381 g/mol. The van der Waals surface area contributed by atoms with Gasteiger partial charge in [0.05, 0.1) is 16.5 Å². The van der Waals surface area contributed by atoms with Gasteiger partial charge in [0, 0.05) is 24.2 Å². The van der Waals surface area contributed by atoms with Crippen molar-refractivity contribution in [1.82, 2.24) is 19.5 Å². The first kappa shape index (κ1) is 17.8. The fraction of sp³-hybridized carbons (Fsp3) is 0.150. The van der Waals surface area contributed by atoms with Crippen LogP contribution in [0, 0.1) is 11.3 Å². The first-order valence-corrected chi connectivity index (χ1v) is 8.53. The van der Waals surface area contributed by atoms with Crippen LogP contribution in [0.2, 0.25) is 0 Å². The summed E-state index contributed by atoms with van der Waals surface area (Å²) in [6.07, 6.45) is 2.10. The van der Waals surface area contributed by atoms with Crippen molar-refractivity contribution < 1.29 is 13.2 Å². The third-order valence-electron chi connectivity index (χ3n) is 4.63. The van der Waals surface area contributed by atoms with Crippen LogP contribution in [0.1, 0.15) is 23.6 Å². The second-order valence-corrected chi connectivity index (χ2v) is 6.27. The molecule has 0 aliphatic heterocycles. The molecule has 1 N–H and O–H groups in total. The number of alkyl halides is 3. The van der Waals surface area contributed by atoms with Crippen LogP contribution in [0.4, 0.5) is 13.2 Å². The van der Waals surface area contributed by atoms with Gasteiger partial charge in [0.2, 0.25) is 0 Å². The fourth-order valence-corrected chi connectivity index (χ4v) is 3.28. The Bertz CT molecular complexity index is 1210. The van der Waals surface area contributed by atoms with Gasteiger partial charge in [0.1, 0.15) is 23.9 Å². The smallest absolute Gasteiger partial charge is 0.346 e. The van der Waals surface area contributed by atoms with E-state index in [2.05, 4.69) is 21.0 Å². The minimum Gasteiger partial charge on any atom is -0.346 e. The molecular weight excluding hydrogens is 367 g/mol. The van der Waals surface area contributed by atoms with Gasteiger partial charge < -0.3 is 9.55 Å². The Morgan fingerprint density at radius 2 is 2.00 bits per heavy atom. The lowest BCUT2D eigenvalue weighted by atomic mass is 9.97. The van der Waals surface area contributed by atoms with Crippen molar-refractivity contribution >= 4 is 11.0 Å². The first-order chi connectivity index (χ1) is 13.4. The Hall–Kier alpha value is -3.60. The van der Waals surface area contributed by atoms with E-state index in [1.54, 1.807) is 42.2 Å². The van der Waals surface area contributed by atoms with E-state index >= 15 is 0 Å². The summed E-state index contributed by atoms with van der Waals surface area (Å²) < 4.78 is 41.9. The molecule has 0 saturated heterocycles. The van der Waals surface area contributed by atoms with Crippen LogP contribution in [0.15, 0.2) is 49.2 Å². The van der Waals surface area contributed by atoms with Crippen LogP contribution in [0.25, 0.3) is 28.0 Å². The lowest BCUT2D eigenvalue weighted by molar-refractivity contribution is -0.138. The summed E-state index contributed by atoms with van der Waals surface area (Å²) in [5.74, 6) is 0.537. The Balaban J connectivity index is 1.89. The number of nitrogens with zero attached hydrogens (tertiary/aromatic N) is 4. The molecule has 0 fully saturated rings. The second kappa shape index (κ2) is 6.53. The number of benzene rings is 1. The van der Waals surface area contributed by atoms with Gasteiger partial charge >= 0.3 is 6.18 Å². The molecule has 0 atom stereocenters. The van der Waals surface area contributed by atoms with E-state index in [-0.39, 0.29) is 17.5 Å². The third-order valence-corrected chi connectivity index (χ3v) is 4.63. The topological polar surface area (TPSA) is 70.3 Å². The minimum atomic E-state index is -4.46.